The van der Waals surface area contributed by atoms with Crippen LogP contribution in [0.15, 0.2) is 78.5 Å². The van der Waals surface area contributed by atoms with Gasteiger partial charge in [-0.3, -0.25) is 9.59 Å². The predicted molar refractivity (Wildman–Crippen MR) is 119 cm³/mol. The van der Waals surface area contributed by atoms with Gasteiger partial charge in [0.1, 0.15) is 11.4 Å². The lowest BCUT2D eigenvalue weighted by Crippen LogP contribution is -2.32. The smallest absolute Gasteiger partial charge is 0.406 e. The molecule has 168 valence electrons. The van der Waals surface area contributed by atoms with Gasteiger partial charge in [-0.1, -0.05) is 36.4 Å². The van der Waals surface area contributed by atoms with Gasteiger partial charge in [-0.05, 0) is 66.9 Å². The minimum Gasteiger partial charge on any atom is -0.406 e. The molecule has 0 bridgehead atoms. The van der Waals surface area contributed by atoms with Gasteiger partial charge in [-0.25, -0.2) is 4.90 Å². The van der Waals surface area contributed by atoms with Crippen LogP contribution in [0, 0.1) is 13.8 Å². The Kier molecular flexibility index (Phi) is 5.68. The third-order valence-corrected chi connectivity index (χ3v) is 5.25. The van der Waals surface area contributed by atoms with Crippen LogP contribution >= 0.6 is 0 Å². The summed E-state index contributed by atoms with van der Waals surface area (Å²) in [6, 6.07) is 18.9. The third kappa shape index (κ3) is 4.59. The van der Waals surface area contributed by atoms with E-state index in [4.69, 9.17) is 0 Å². The Labute approximate surface area is 188 Å². The molecule has 4 rings (SSSR count). The molecule has 5 nitrogen and oxygen atoms in total. The number of benzene rings is 3. The molecule has 33 heavy (non-hydrogen) atoms. The number of amides is 2. The molecule has 3 aromatic carbocycles. The van der Waals surface area contributed by atoms with E-state index in [2.05, 4.69) is 10.1 Å². The molecule has 0 aromatic heterocycles. The average molecular weight is 452 g/mol. The van der Waals surface area contributed by atoms with E-state index >= 15 is 0 Å². The maximum atomic E-state index is 13.3. The van der Waals surface area contributed by atoms with Crippen molar-refractivity contribution in [1.82, 2.24) is 0 Å². The number of hydrogen-bond acceptors (Lipinski definition) is 4. The summed E-state index contributed by atoms with van der Waals surface area (Å²) in [5, 5.41) is 3.07. The van der Waals surface area contributed by atoms with Crippen LogP contribution in [0.5, 0.6) is 5.75 Å². The zero-order valence-corrected chi connectivity index (χ0v) is 17.7. The van der Waals surface area contributed by atoms with Gasteiger partial charge in [0.15, 0.2) is 0 Å². The number of imide groups is 1. The van der Waals surface area contributed by atoms with E-state index in [-0.39, 0.29) is 17.0 Å². The van der Waals surface area contributed by atoms with Crippen LogP contribution in [-0.4, -0.2) is 18.2 Å². The fourth-order valence-electron chi connectivity index (χ4n) is 3.51. The highest BCUT2D eigenvalue weighted by Crippen LogP contribution is 2.35. The summed E-state index contributed by atoms with van der Waals surface area (Å²) in [4.78, 5) is 27.6. The molecule has 0 radical (unpaired) electrons. The summed E-state index contributed by atoms with van der Waals surface area (Å²) < 4.78 is 41.3. The first-order valence-corrected chi connectivity index (χ1v) is 10.0. The Morgan fingerprint density at radius 2 is 1.48 bits per heavy atom. The summed E-state index contributed by atoms with van der Waals surface area (Å²) in [5.41, 5.74) is 3.66. The van der Waals surface area contributed by atoms with Gasteiger partial charge >= 0.3 is 6.36 Å². The van der Waals surface area contributed by atoms with E-state index in [1.54, 1.807) is 30.3 Å². The molecule has 0 spiro atoms. The van der Waals surface area contributed by atoms with Gasteiger partial charge in [0.2, 0.25) is 0 Å². The number of halogens is 3. The second-order valence-electron chi connectivity index (χ2n) is 7.53. The van der Waals surface area contributed by atoms with Crippen molar-refractivity contribution < 1.29 is 27.5 Å². The molecule has 1 aliphatic heterocycles. The fraction of sp³-hybridized carbons (Fsp3) is 0.120. The maximum Gasteiger partial charge on any atom is 0.573 e. The lowest BCUT2D eigenvalue weighted by molar-refractivity contribution is -0.274. The summed E-state index contributed by atoms with van der Waals surface area (Å²) in [6.07, 6.45) is -4.84. The Bertz CT molecular complexity index is 1250. The molecule has 8 heteroatoms. The first-order valence-electron chi connectivity index (χ1n) is 10.0. The molecular formula is C25H19F3N2O3. The minimum atomic E-state index is -4.84. The van der Waals surface area contributed by atoms with Crippen molar-refractivity contribution in [3.8, 4) is 5.75 Å². The van der Waals surface area contributed by atoms with Crippen molar-refractivity contribution in [3.63, 3.8) is 0 Å². The van der Waals surface area contributed by atoms with Crippen molar-refractivity contribution in [2.45, 2.75) is 20.2 Å². The summed E-state index contributed by atoms with van der Waals surface area (Å²) >= 11 is 0. The number of carbonyl (C=O) groups excluding carboxylic acids is 2. The number of carbonyl (C=O) groups is 2. The van der Waals surface area contributed by atoms with E-state index in [9.17, 15) is 22.8 Å². The van der Waals surface area contributed by atoms with E-state index < -0.39 is 23.9 Å². The summed E-state index contributed by atoms with van der Waals surface area (Å²) in [5.74, 6) is -1.64. The van der Waals surface area contributed by atoms with Gasteiger partial charge < -0.3 is 10.1 Å². The largest absolute Gasteiger partial charge is 0.573 e. The SMILES string of the molecule is Cc1ccc(NC2=C(c3ccccc3)C(=O)N(c3ccc(OC(F)(F)F)cc3)C2=O)cc1C. The van der Waals surface area contributed by atoms with Gasteiger partial charge in [-0.15, -0.1) is 13.2 Å². The molecule has 1 N–H and O–H groups in total. The Morgan fingerprint density at radius 3 is 2.09 bits per heavy atom. The van der Waals surface area contributed by atoms with Crippen molar-refractivity contribution in [2.24, 2.45) is 0 Å². The zero-order chi connectivity index (χ0) is 23.8. The molecular weight excluding hydrogens is 433 g/mol. The average Bonchev–Trinajstić information content (AvgIpc) is 3.00. The Balaban J connectivity index is 1.72. The van der Waals surface area contributed by atoms with Crippen LogP contribution in [0.4, 0.5) is 24.5 Å². The van der Waals surface area contributed by atoms with E-state index in [1.165, 1.54) is 12.1 Å². The van der Waals surface area contributed by atoms with Crippen LogP contribution in [0.1, 0.15) is 16.7 Å². The molecule has 1 heterocycles. The van der Waals surface area contributed by atoms with E-state index in [0.717, 1.165) is 28.2 Å². The van der Waals surface area contributed by atoms with Gasteiger partial charge in [0.25, 0.3) is 11.8 Å². The second-order valence-corrected chi connectivity index (χ2v) is 7.53. The molecule has 0 saturated heterocycles. The van der Waals surface area contributed by atoms with Crippen LogP contribution < -0.4 is 15.0 Å². The number of alkyl halides is 3. The Morgan fingerprint density at radius 1 is 0.818 bits per heavy atom. The van der Waals surface area contributed by atoms with E-state index in [0.29, 0.717) is 11.3 Å². The minimum absolute atomic E-state index is 0.0880. The molecule has 0 fully saturated rings. The maximum absolute atomic E-state index is 13.3. The highest BCUT2D eigenvalue weighted by molar-refractivity contribution is 6.46. The van der Waals surface area contributed by atoms with Crippen LogP contribution in [-0.2, 0) is 9.59 Å². The first-order chi connectivity index (χ1) is 15.6. The molecule has 0 atom stereocenters. The predicted octanol–water partition coefficient (Wildman–Crippen LogP) is 5.60. The summed E-state index contributed by atoms with van der Waals surface area (Å²) in [6.45, 7) is 3.90. The number of nitrogens with zero attached hydrogens (tertiary/aromatic N) is 1. The molecule has 2 amide bonds. The lowest BCUT2D eigenvalue weighted by Gasteiger charge is -2.16. The van der Waals surface area contributed by atoms with Crippen molar-refractivity contribution >= 4 is 28.8 Å². The first kappa shape index (κ1) is 22.1. The number of nitrogens with one attached hydrogen (secondary N) is 1. The normalized spacial score (nSPS) is 14.2. The summed E-state index contributed by atoms with van der Waals surface area (Å²) in [7, 11) is 0. The van der Waals surface area contributed by atoms with Crippen LogP contribution in [0.25, 0.3) is 5.57 Å². The quantitative estimate of drug-likeness (QED) is 0.512. The van der Waals surface area contributed by atoms with Gasteiger partial charge in [0, 0.05) is 5.69 Å². The Hall–Kier alpha value is -4.07. The van der Waals surface area contributed by atoms with Crippen LogP contribution in [0.3, 0.4) is 0 Å². The standard InChI is InChI=1S/C25H19F3N2O3/c1-15-8-9-18(14-16(15)2)29-22-21(17-6-4-3-5-7-17)23(31)30(24(22)32)19-10-12-20(13-11-19)33-25(26,27)28/h3-14,29H,1-2H3. The number of ether oxygens (including phenoxy) is 1. The second kappa shape index (κ2) is 8.46. The molecule has 0 unspecified atom stereocenters. The zero-order valence-electron chi connectivity index (χ0n) is 17.7. The highest BCUT2D eigenvalue weighted by Gasteiger charge is 2.40. The number of anilines is 2. The monoisotopic (exact) mass is 452 g/mol. The number of rotatable bonds is 5. The van der Waals surface area contributed by atoms with Gasteiger partial charge in [-0.2, -0.15) is 0 Å². The van der Waals surface area contributed by atoms with Crippen molar-refractivity contribution in [1.29, 1.82) is 0 Å². The third-order valence-electron chi connectivity index (χ3n) is 5.25. The molecule has 1 aliphatic rings. The fourth-order valence-corrected chi connectivity index (χ4v) is 3.51. The number of hydrogen-bond donors (Lipinski definition) is 1. The lowest BCUT2D eigenvalue weighted by atomic mass is 10.0. The topological polar surface area (TPSA) is 58.6 Å². The van der Waals surface area contributed by atoms with Crippen molar-refractivity contribution in [2.75, 3.05) is 10.2 Å². The highest BCUT2D eigenvalue weighted by atomic mass is 19.4. The molecule has 3 aromatic rings. The number of aryl methyl sites for hydroxylation is 2. The van der Waals surface area contributed by atoms with Gasteiger partial charge in [0.05, 0.1) is 11.3 Å². The van der Waals surface area contributed by atoms with Crippen molar-refractivity contribution in [3.05, 3.63) is 95.2 Å². The van der Waals surface area contributed by atoms with Crippen LogP contribution in [0.2, 0.25) is 0 Å². The molecule has 0 aliphatic carbocycles. The molecule has 0 saturated carbocycles. The van der Waals surface area contributed by atoms with E-state index in [1.807, 2.05) is 32.0 Å².